The third-order valence-corrected chi connectivity index (χ3v) is 1.76. The number of nitrogens with two attached hydrogens (primary N) is 1. The van der Waals surface area contributed by atoms with E-state index in [9.17, 15) is 0 Å². The summed E-state index contributed by atoms with van der Waals surface area (Å²) in [6.45, 7) is 12.2. The molecule has 0 atom stereocenters. The number of allylic oxidation sites excluding steroid dienone is 1. The van der Waals surface area contributed by atoms with E-state index in [1.807, 2.05) is 19.9 Å². The van der Waals surface area contributed by atoms with Crippen LogP contribution in [0.5, 0.6) is 0 Å². The zero-order chi connectivity index (χ0) is 11.8. The Morgan fingerprint density at radius 2 is 2.07 bits per heavy atom. The molecule has 0 aliphatic heterocycles. The van der Waals surface area contributed by atoms with E-state index in [1.54, 1.807) is 7.05 Å². The minimum atomic E-state index is 0.360. The second-order valence-corrected chi connectivity index (χ2v) is 2.93. The standard InChI is InChI=1S/C11H20N4/c1-6-10(8(3)14-7-2)11(13-5)15-9(4)12/h6,14H,3-4,7,12H2,1-2,5H3,(H,13,15)/b10-6-. The van der Waals surface area contributed by atoms with Crippen molar-refractivity contribution in [2.75, 3.05) is 13.6 Å². The van der Waals surface area contributed by atoms with Gasteiger partial charge in [-0.1, -0.05) is 19.2 Å². The van der Waals surface area contributed by atoms with Crippen LogP contribution < -0.4 is 16.4 Å². The predicted octanol–water partition coefficient (Wildman–Crippen LogP) is 1.10. The van der Waals surface area contributed by atoms with E-state index < -0.39 is 0 Å². The molecule has 0 fully saturated rings. The largest absolute Gasteiger partial charge is 0.386 e. The summed E-state index contributed by atoms with van der Waals surface area (Å²) < 4.78 is 0. The molecule has 0 spiro atoms. The molecule has 0 saturated carbocycles. The highest BCUT2D eigenvalue weighted by Gasteiger charge is 2.08. The van der Waals surface area contributed by atoms with Gasteiger partial charge in [0.2, 0.25) is 0 Å². The molecule has 84 valence electrons. The van der Waals surface area contributed by atoms with Gasteiger partial charge in [0.15, 0.2) is 0 Å². The molecule has 4 N–H and O–H groups in total. The predicted molar refractivity (Wildman–Crippen MR) is 66.4 cm³/mol. The first-order valence-electron chi connectivity index (χ1n) is 4.84. The molecule has 0 saturated heterocycles. The van der Waals surface area contributed by atoms with Crippen LogP contribution >= 0.6 is 0 Å². The van der Waals surface area contributed by atoms with Crippen LogP contribution in [0.1, 0.15) is 13.8 Å². The third-order valence-electron chi connectivity index (χ3n) is 1.76. The summed E-state index contributed by atoms with van der Waals surface area (Å²) in [5, 5.41) is 6.01. The molecular formula is C11H20N4. The maximum Gasteiger partial charge on any atom is 0.135 e. The molecule has 0 aromatic rings. The highest BCUT2D eigenvalue weighted by Crippen LogP contribution is 2.06. The zero-order valence-electron chi connectivity index (χ0n) is 9.72. The van der Waals surface area contributed by atoms with Crippen molar-refractivity contribution in [3.63, 3.8) is 0 Å². The van der Waals surface area contributed by atoms with E-state index in [0.29, 0.717) is 11.7 Å². The van der Waals surface area contributed by atoms with Crippen LogP contribution in [-0.2, 0) is 0 Å². The Kier molecular flexibility index (Phi) is 5.94. The summed E-state index contributed by atoms with van der Waals surface area (Å²) in [6, 6.07) is 0. The number of amidine groups is 1. The maximum absolute atomic E-state index is 5.47. The number of rotatable bonds is 5. The van der Waals surface area contributed by atoms with Gasteiger partial charge in [-0.2, -0.15) is 0 Å². The molecule has 0 amide bonds. The van der Waals surface area contributed by atoms with Gasteiger partial charge in [0, 0.05) is 24.9 Å². The lowest BCUT2D eigenvalue weighted by atomic mass is 10.1. The van der Waals surface area contributed by atoms with Gasteiger partial charge in [-0.15, -0.1) is 0 Å². The molecule has 0 aliphatic rings. The molecule has 4 heteroatoms. The first kappa shape index (κ1) is 13.3. The average Bonchev–Trinajstić information content (AvgIpc) is 2.17. The minimum absolute atomic E-state index is 0.360. The van der Waals surface area contributed by atoms with Crippen molar-refractivity contribution in [2.45, 2.75) is 13.8 Å². The maximum atomic E-state index is 5.47. The van der Waals surface area contributed by atoms with Gasteiger partial charge in [0.05, 0.1) is 5.82 Å². The Morgan fingerprint density at radius 3 is 2.40 bits per heavy atom. The van der Waals surface area contributed by atoms with E-state index in [-0.39, 0.29) is 0 Å². The molecule has 0 aliphatic carbocycles. The summed E-state index contributed by atoms with van der Waals surface area (Å²) >= 11 is 0. The van der Waals surface area contributed by atoms with Crippen LogP contribution in [0.15, 0.2) is 41.3 Å². The highest BCUT2D eigenvalue weighted by atomic mass is 15.1. The van der Waals surface area contributed by atoms with Gasteiger partial charge in [0.1, 0.15) is 5.84 Å². The van der Waals surface area contributed by atoms with Crippen molar-refractivity contribution in [1.29, 1.82) is 0 Å². The third kappa shape index (κ3) is 4.35. The molecule has 0 radical (unpaired) electrons. The Morgan fingerprint density at radius 1 is 1.47 bits per heavy atom. The van der Waals surface area contributed by atoms with Gasteiger partial charge in [-0.05, 0) is 13.8 Å². The monoisotopic (exact) mass is 208 g/mol. The zero-order valence-corrected chi connectivity index (χ0v) is 9.72. The van der Waals surface area contributed by atoms with Crippen LogP contribution in [-0.4, -0.2) is 19.4 Å². The van der Waals surface area contributed by atoms with E-state index >= 15 is 0 Å². The molecular weight excluding hydrogens is 188 g/mol. The van der Waals surface area contributed by atoms with Crippen molar-refractivity contribution in [3.8, 4) is 0 Å². The summed E-state index contributed by atoms with van der Waals surface area (Å²) in [4.78, 5) is 4.10. The van der Waals surface area contributed by atoms with E-state index in [0.717, 1.165) is 17.8 Å². The van der Waals surface area contributed by atoms with Gasteiger partial charge in [0.25, 0.3) is 0 Å². The Hall–Kier alpha value is -1.71. The lowest BCUT2D eigenvalue weighted by Gasteiger charge is -2.15. The van der Waals surface area contributed by atoms with Crippen molar-refractivity contribution < 1.29 is 0 Å². The second-order valence-electron chi connectivity index (χ2n) is 2.93. The van der Waals surface area contributed by atoms with Gasteiger partial charge >= 0.3 is 0 Å². The first-order chi connectivity index (χ1) is 7.06. The number of aliphatic imine (C=N–C) groups is 1. The molecule has 4 nitrogen and oxygen atoms in total. The van der Waals surface area contributed by atoms with E-state index in [4.69, 9.17) is 5.73 Å². The highest BCUT2D eigenvalue weighted by molar-refractivity contribution is 6.02. The Labute approximate surface area is 91.7 Å². The van der Waals surface area contributed by atoms with Crippen LogP contribution in [0.4, 0.5) is 0 Å². The molecule has 15 heavy (non-hydrogen) atoms. The molecule has 0 aromatic heterocycles. The van der Waals surface area contributed by atoms with Crippen molar-refractivity contribution in [3.05, 3.63) is 36.3 Å². The first-order valence-corrected chi connectivity index (χ1v) is 4.84. The number of likely N-dealkylation sites (N-methyl/N-ethyl adjacent to an activating group) is 1. The van der Waals surface area contributed by atoms with Crippen molar-refractivity contribution >= 4 is 5.84 Å². The number of nitrogens with zero attached hydrogens (tertiary/aromatic N) is 1. The van der Waals surface area contributed by atoms with Crippen LogP contribution in [0, 0.1) is 0 Å². The lowest BCUT2D eigenvalue weighted by molar-refractivity contribution is 0.871. The summed E-state index contributed by atoms with van der Waals surface area (Å²) in [7, 11) is 1.69. The molecule has 0 bridgehead atoms. The fourth-order valence-electron chi connectivity index (χ4n) is 1.16. The minimum Gasteiger partial charge on any atom is -0.386 e. The van der Waals surface area contributed by atoms with Crippen molar-refractivity contribution in [2.24, 2.45) is 10.7 Å². The molecule has 0 unspecified atom stereocenters. The Bertz CT molecular complexity index is 300. The number of nitrogens with one attached hydrogen (secondary N) is 2. The smallest absolute Gasteiger partial charge is 0.135 e. The van der Waals surface area contributed by atoms with E-state index in [1.165, 1.54) is 0 Å². The quantitative estimate of drug-likeness (QED) is 0.360. The number of hydrogen-bond acceptors (Lipinski definition) is 3. The SMILES string of the molecule is C=C(N)NC(=NC)/C(=C\C)C(=C)NCC. The van der Waals surface area contributed by atoms with Crippen LogP contribution in [0.25, 0.3) is 0 Å². The fourth-order valence-corrected chi connectivity index (χ4v) is 1.16. The topological polar surface area (TPSA) is 62.4 Å². The molecule has 0 aromatic carbocycles. The van der Waals surface area contributed by atoms with Crippen LogP contribution in [0.2, 0.25) is 0 Å². The van der Waals surface area contributed by atoms with Gasteiger partial charge in [-0.3, -0.25) is 4.99 Å². The van der Waals surface area contributed by atoms with Crippen molar-refractivity contribution in [1.82, 2.24) is 10.6 Å². The van der Waals surface area contributed by atoms with Gasteiger partial charge in [-0.25, -0.2) is 0 Å². The lowest BCUT2D eigenvalue weighted by Crippen LogP contribution is -2.31. The van der Waals surface area contributed by atoms with Gasteiger partial charge < -0.3 is 16.4 Å². The normalized spacial score (nSPS) is 12.2. The fraction of sp³-hybridized carbons (Fsp3) is 0.364. The Balaban J connectivity index is 4.80. The molecule has 0 heterocycles. The summed E-state index contributed by atoms with van der Waals surface area (Å²) in [5.74, 6) is 1.02. The average molecular weight is 208 g/mol. The summed E-state index contributed by atoms with van der Waals surface area (Å²) in [6.07, 6.45) is 1.92. The molecule has 0 rings (SSSR count). The summed E-state index contributed by atoms with van der Waals surface area (Å²) in [5.41, 5.74) is 7.18. The number of hydrogen-bond donors (Lipinski definition) is 3. The van der Waals surface area contributed by atoms with E-state index in [2.05, 4.69) is 28.8 Å². The van der Waals surface area contributed by atoms with Crippen LogP contribution in [0.3, 0.4) is 0 Å². The second kappa shape index (κ2) is 6.70.